The highest BCUT2D eigenvalue weighted by molar-refractivity contribution is 5.95. The lowest BCUT2D eigenvalue weighted by Crippen LogP contribution is -2.46. The van der Waals surface area contributed by atoms with E-state index in [1.807, 2.05) is 68.4 Å². The fourth-order valence-corrected chi connectivity index (χ4v) is 3.09. The number of benzene rings is 2. The predicted molar refractivity (Wildman–Crippen MR) is 96.0 cm³/mol. The van der Waals surface area contributed by atoms with E-state index in [1.54, 1.807) is 0 Å². The molecule has 4 heteroatoms. The Morgan fingerprint density at radius 3 is 2.54 bits per heavy atom. The number of ether oxygens (including phenoxy) is 1. The molecule has 0 radical (unpaired) electrons. The van der Waals surface area contributed by atoms with Crippen LogP contribution in [0.25, 0.3) is 0 Å². The molecule has 0 bridgehead atoms. The van der Waals surface area contributed by atoms with Gasteiger partial charge in [0.15, 0.2) is 0 Å². The molecule has 0 aromatic heterocycles. The van der Waals surface area contributed by atoms with Crippen LogP contribution in [0, 0.1) is 6.92 Å². The van der Waals surface area contributed by atoms with E-state index in [-0.39, 0.29) is 18.1 Å². The van der Waals surface area contributed by atoms with Crippen LogP contribution in [0.2, 0.25) is 0 Å². The van der Waals surface area contributed by atoms with Gasteiger partial charge in [-0.15, -0.1) is 0 Å². The Bertz CT molecular complexity index is 670. The molecule has 1 fully saturated rings. The maximum atomic E-state index is 13.0. The minimum Gasteiger partial charge on any atom is -0.376 e. The van der Waals surface area contributed by atoms with Gasteiger partial charge in [-0.25, -0.2) is 0 Å². The molecule has 1 amide bonds. The number of nitrogens with one attached hydrogen (secondary N) is 1. The number of carbonyl (C=O) groups excluding carboxylic acids is 1. The molecule has 0 aliphatic carbocycles. The van der Waals surface area contributed by atoms with Crippen LogP contribution in [0.15, 0.2) is 54.6 Å². The number of carbonyl (C=O) groups is 1. The van der Waals surface area contributed by atoms with E-state index in [0.717, 1.165) is 24.3 Å². The first-order chi connectivity index (χ1) is 11.6. The molecule has 1 aliphatic rings. The Hall–Kier alpha value is -2.17. The van der Waals surface area contributed by atoms with Crippen molar-refractivity contribution in [2.24, 2.45) is 0 Å². The molecule has 1 N–H and O–H groups in total. The molecule has 1 saturated heterocycles. The fourth-order valence-electron chi connectivity index (χ4n) is 3.09. The standard InChI is InChI=1S/C20H24N2O2/c1-15-8-10-18(11-9-15)21-20(23)19(17-6-4-3-5-7-17)22-12-13-24-16(2)14-22/h3-11,16,19H,12-14H2,1-2H3,(H,21,23)/t16-,19-/m1/s1. The first-order valence-corrected chi connectivity index (χ1v) is 8.41. The molecular formula is C20H24N2O2. The fraction of sp³-hybridized carbons (Fsp3) is 0.350. The minimum absolute atomic E-state index is 0.000784. The van der Waals surface area contributed by atoms with Crippen molar-refractivity contribution >= 4 is 11.6 Å². The average Bonchev–Trinajstić information content (AvgIpc) is 2.58. The highest BCUT2D eigenvalue weighted by Gasteiger charge is 2.31. The molecule has 0 saturated carbocycles. The Labute approximate surface area is 143 Å². The van der Waals surface area contributed by atoms with Crippen molar-refractivity contribution in [2.45, 2.75) is 26.0 Å². The summed E-state index contributed by atoms with van der Waals surface area (Å²) in [6.45, 7) is 6.24. The van der Waals surface area contributed by atoms with Gasteiger partial charge in [0.05, 0.1) is 12.7 Å². The summed E-state index contributed by atoms with van der Waals surface area (Å²) in [4.78, 5) is 15.2. The molecule has 0 unspecified atom stereocenters. The van der Waals surface area contributed by atoms with Crippen LogP contribution in [-0.4, -0.2) is 36.6 Å². The number of morpholine rings is 1. The van der Waals surface area contributed by atoms with E-state index < -0.39 is 0 Å². The Kier molecular flexibility index (Phi) is 5.28. The third kappa shape index (κ3) is 4.02. The lowest BCUT2D eigenvalue weighted by Gasteiger charge is -2.36. The SMILES string of the molecule is Cc1ccc(NC(=O)[C@@H](c2ccccc2)N2CCO[C@H](C)C2)cc1. The number of amides is 1. The number of hydrogen-bond donors (Lipinski definition) is 1. The Morgan fingerprint density at radius 1 is 1.17 bits per heavy atom. The van der Waals surface area contributed by atoms with Gasteiger partial charge in [-0.05, 0) is 31.5 Å². The number of hydrogen-bond acceptors (Lipinski definition) is 3. The second-order valence-electron chi connectivity index (χ2n) is 6.34. The summed E-state index contributed by atoms with van der Waals surface area (Å²) < 4.78 is 5.63. The third-order valence-electron chi connectivity index (χ3n) is 4.32. The molecule has 1 aliphatic heterocycles. The number of nitrogens with zero attached hydrogens (tertiary/aromatic N) is 1. The van der Waals surface area contributed by atoms with E-state index in [0.29, 0.717) is 6.61 Å². The number of rotatable bonds is 4. The molecular weight excluding hydrogens is 300 g/mol. The van der Waals surface area contributed by atoms with Crippen LogP contribution in [0.3, 0.4) is 0 Å². The van der Waals surface area contributed by atoms with E-state index >= 15 is 0 Å². The van der Waals surface area contributed by atoms with Crippen LogP contribution < -0.4 is 5.32 Å². The summed E-state index contributed by atoms with van der Waals surface area (Å²) in [5.41, 5.74) is 3.01. The van der Waals surface area contributed by atoms with Gasteiger partial charge >= 0.3 is 0 Å². The summed E-state index contributed by atoms with van der Waals surface area (Å²) in [5, 5.41) is 3.06. The third-order valence-corrected chi connectivity index (χ3v) is 4.32. The summed E-state index contributed by atoms with van der Waals surface area (Å²) >= 11 is 0. The zero-order valence-electron chi connectivity index (χ0n) is 14.2. The first kappa shape index (κ1) is 16.7. The topological polar surface area (TPSA) is 41.6 Å². The van der Waals surface area contributed by atoms with Crippen LogP contribution in [0.1, 0.15) is 24.1 Å². The van der Waals surface area contributed by atoms with Gasteiger partial charge in [0.1, 0.15) is 6.04 Å². The summed E-state index contributed by atoms with van der Waals surface area (Å²) in [7, 11) is 0. The van der Waals surface area contributed by atoms with Gasteiger partial charge in [0, 0.05) is 18.8 Å². The van der Waals surface area contributed by atoms with Gasteiger partial charge in [0.2, 0.25) is 5.91 Å². The highest BCUT2D eigenvalue weighted by Crippen LogP contribution is 2.25. The lowest BCUT2D eigenvalue weighted by atomic mass is 10.0. The second kappa shape index (κ2) is 7.60. The van der Waals surface area contributed by atoms with Crippen molar-refractivity contribution in [3.63, 3.8) is 0 Å². The minimum atomic E-state index is -0.307. The van der Waals surface area contributed by atoms with Crippen LogP contribution in [0.4, 0.5) is 5.69 Å². The van der Waals surface area contributed by atoms with Crippen molar-refractivity contribution in [2.75, 3.05) is 25.0 Å². The normalized spacial score (nSPS) is 19.7. The molecule has 24 heavy (non-hydrogen) atoms. The van der Waals surface area contributed by atoms with Gasteiger partial charge in [-0.3, -0.25) is 9.69 Å². The van der Waals surface area contributed by atoms with E-state index in [2.05, 4.69) is 10.2 Å². The van der Waals surface area contributed by atoms with Crippen molar-refractivity contribution < 1.29 is 9.53 Å². The first-order valence-electron chi connectivity index (χ1n) is 8.41. The predicted octanol–water partition coefficient (Wildman–Crippen LogP) is 3.40. The number of aryl methyl sites for hydroxylation is 1. The van der Waals surface area contributed by atoms with Crippen molar-refractivity contribution in [1.29, 1.82) is 0 Å². The summed E-state index contributed by atoms with van der Waals surface area (Å²) in [6.07, 6.45) is 0.136. The largest absolute Gasteiger partial charge is 0.376 e. The highest BCUT2D eigenvalue weighted by atomic mass is 16.5. The molecule has 2 aromatic rings. The molecule has 0 spiro atoms. The Balaban J connectivity index is 1.83. The van der Waals surface area contributed by atoms with Crippen molar-refractivity contribution in [3.8, 4) is 0 Å². The van der Waals surface area contributed by atoms with Crippen molar-refractivity contribution in [3.05, 3.63) is 65.7 Å². The monoisotopic (exact) mass is 324 g/mol. The second-order valence-corrected chi connectivity index (χ2v) is 6.34. The van der Waals surface area contributed by atoms with Crippen LogP contribution in [0.5, 0.6) is 0 Å². The maximum absolute atomic E-state index is 13.0. The quantitative estimate of drug-likeness (QED) is 0.937. The van der Waals surface area contributed by atoms with Crippen LogP contribution in [-0.2, 0) is 9.53 Å². The Morgan fingerprint density at radius 2 is 1.88 bits per heavy atom. The number of anilines is 1. The van der Waals surface area contributed by atoms with E-state index in [9.17, 15) is 4.79 Å². The van der Waals surface area contributed by atoms with Gasteiger partial charge < -0.3 is 10.1 Å². The van der Waals surface area contributed by atoms with E-state index in [1.165, 1.54) is 5.56 Å². The average molecular weight is 324 g/mol. The molecule has 2 aromatic carbocycles. The summed E-state index contributed by atoms with van der Waals surface area (Å²) in [5.74, 6) is -0.000784. The molecule has 3 rings (SSSR count). The van der Waals surface area contributed by atoms with Gasteiger partial charge in [-0.1, -0.05) is 48.0 Å². The van der Waals surface area contributed by atoms with Crippen molar-refractivity contribution in [1.82, 2.24) is 4.90 Å². The smallest absolute Gasteiger partial charge is 0.246 e. The lowest BCUT2D eigenvalue weighted by molar-refractivity contribution is -0.124. The molecule has 1 heterocycles. The maximum Gasteiger partial charge on any atom is 0.246 e. The van der Waals surface area contributed by atoms with Crippen LogP contribution >= 0.6 is 0 Å². The van der Waals surface area contributed by atoms with Gasteiger partial charge in [-0.2, -0.15) is 0 Å². The summed E-state index contributed by atoms with van der Waals surface area (Å²) in [6, 6.07) is 17.5. The molecule has 2 atom stereocenters. The molecule has 4 nitrogen and oxygen atoms in total. The zero-order valence-corrected chi connectivity index (χ0v) is 14.2. The van der Waals surface area contributed by atoms with E-state index in [4.69, 9.17) is 4.74 Å². The van der Waals surface area contributed by atoms with Gasteiger partial charge in [0.25, 0.3) is 0 Å². The molecule has 126 valence electrons. The zero-order chi connectivity index (χ0) is 16.9.